The molecular weight excluding hydrogens is 241 g/mol. The largest absolute Gasteiger partial charge is 0.314 e. The fourth-order valence-corrected chi connectivity index (χ4v) is 2.67. The van der Waals surface area contributed by atoms with Gasteiger partial charge in [0.25, 0.3) is 0 Å². The van der Waals surface area contributed by atoms with E-state index in [1.165, 1.54) is 6.20 Å². The van der Waals surface area contributed by atoms with Crippen LogP contribution in [0.3, 0.4) is 0 Å². The fraction of sp³-hybridized carbons (Fsp3) is 0.667. The van der Waals surface area contributed by atoms with Gasteiger partial charge in [-0.15, -0.1) is 0 Å². The minimum absolute atomic E-state index is 0.165. The van der Waals surface area contributed by atoms with Gasteiger partial charge in [-0.1, -0.05) is 19.9 Å². The average molecular weight is 265 g/mol. The first-order valence-corrected chi connectivity index (χ1v) is 7.23. The standard InChI is InChI=1S/C15H24FN3/c1-12(2)5-6-14(19-10-8-17-9-11-19)13-4-3-7-18-15(13)16/h3-4,7,12,14,17H,5-6,8-11H2,1-2H3/t14-/m1/s1. The number of aromatic nitrogens is 1. The summed E-state index contributed by atoms with van der Waals surface area (Å²) in [5, 5.41) is 3.35. The highest BCUT2D eigenvalue weighted by atomic mass is 19.1. The Balaban J connectivity index is 2.15. The third kappa shape index (κ3) is 3.98. The Morgan fingerprint density at radius 3 is 2.68 bits per heavy atom. The van der Waals surface area contributed by atoms with Gasteiger partial charge >= 0.3 is 0 Å². The Kier molecular flexibility index (Phi) is 5.28. The van der Waals surface area contributed by atoms with Crippen molar-refractivity contribution in [2.24, 2.45) is 5.92 Å². The van der Waals surface area contributed by atoms with E-state index in [1.54, 1.807) is 0 Å². The van der Waals surface area contributed by atoms with Crippen LogP contribution in [0.15, 0.2) is 18.3 Å². The summed E-state index contributed by atoms with van der Waals surface area (Å²) in [5.41, 5.74) is 0.755. The Morgan fingerprint density at radius 1 is 1.32 bits per heavy atom. The van der Waals surface area contributed by atoms with Crippen LogP contribution >= 0.6 is 0 Å². The van der Waals surface area contributed by atoms with Gasteiger partial charge < -0.3 is 5.32 Å². The maximum atomic E-state index is 14.0. The zero-order valence-corrected chi connectivity index (χ0v) is 11.9. The van der Waals surface area contributed by atoms with Gasteiger partial charge in [0.1, 0.15) is 0 Å². The molecule has 2 heterocycles. The van der Waals surface area contributed by atoms with E-state index in [0.717, 1.165) is 44.6 Å². The molecule has 106 valence electrons. The van der Waals surface area contributed by atoms with Crippen molar-refractivity contribution in [1.82, 2.24) is 15.2 Å². The van der Waals surface area contributed by atoms with Crippen LogP contribution in [0, 0.1) is 11.9 Å². The van der Waals surface area contributed by atoms with Crippen molar-refractivity contribution in [2.45, 2.75) is 32.7 Å². The van der Waals surface area contributed by atoms with Gasteiger partial charge in [0.2, 0.25) is 5.95 Å². The minimum atomic E-state index is -0.310. The number of pyridine rings is 1. The van der Waals surface area contributed by atoms with Crippen molar-refractivity contribution in [2.75, 3.05) is 26.2 Å². The predicted octanol–water partition coefficient (Wildman–Crippen LogP) is 2.60. The van der Waals surface area contributed by atoms with Gasteiger partial charge in [0.15, 0.2) is 0 Å². The van der Waals surface area contributed by atoms with E-state index < -0.39 is 0 Å². The highest BCUT2D eigenvalue weighted by Crippen LogP contribution is 2.28. The predicted molar refractivity (Wildman–Crippen MR) is 75.5 cm³/mol. The summed E-state index contributed by atoms with van der Waals surface area (Å²) in [6, 6.07) is 3.89. The normalized spacial score (nSPS) is 18.7. The van der Waals surface area contributed by atoms with Crippen molar-refractivity contribution < 1.29 is 4.39 Å². The summed E-state index contributed by atoms with van der Waals surface area (Å²) in [6.07, 6.45) is 3.64. The lowest BCUT2D eigenvalue weighted by molar-refractivity contribution is 0.156. The van der Waals surface area contributed by atoms with Crippen molar-refractivity contribution in [1.29, 1.82) is 0 Å². The molecule has 1 N–H and O–H groups in total. The molecule has 1 atom stereocenters. The van der Waals surface area contributed by atoms with Crippen molar-refractivity contribution in [3.8, 4) is 0 Å². The molecule has 1 aliphatic heterocycles. The Labute approximate surface area is 115 Å². The second-order valence-corrected chi connectivity index (χ2v) is 5.66. The van der Waals surface area contributed by atoms with Gasteiger partial charge in [-0.05, 0) is 24.8 Å². The molecule has 0 aliphatic carbocycles. The van der Waals surface area contributed by atoms with E-state index in [9.17, 15) is 4.39 Å². The van der Waals surface area contributed by atoms with E-state index in [2.05, 4.69) is 29.0 Å². The molecule has 0 saturated carbocycles. The van der Waals surface area contributed by atoms with Crippen molar-refractivity contribution in [3.05, 3.63) is 29.8 Å². The second kappa shape index (κ2) is 6.96. The SMILES string of the molecule is CC(C)CC[C@H](c1cccnc1F)N1CCNCC1. The second-order valence-electron chi connectivity index (χ2n) is 5.66. The Morgan fingerprint density at radius 2 is 2.05 bits per heavy atom. The van der Waals surface area contributed by atoms with Gasteiger partial charge in [-0.25, -0.2) is 4.98 Å². The van der Waals surface area contributed by atoms with Crippen LogP contribution in [-0.2, 0) is 0 Å². The number of nitrogens with one attached hydrogen (secondary N) is 1. The molecule has 1 aliphatic rings. The lowest BCUT2D eigenvalue weighted by atomic mass is 9.96. The molecule has 0 unspecified atom stereocenters. The maximum Gasteiger partial charge on any atom is 0.217 e. The van der Waals surface area contributed by atoms with E-state index in [-0.39, 0.29) is 12.0 Å². The zero-order valence-electron chi connectivity index (χ0n) is 11.9. The number of nitrogens with zero attached hydrogens (tertiary/aromatic N) is 2. The third-order valence-corrected chi connectivity index (χ3v) is 3.76. The number of hydrogen-bond donors (Lipinski definition) is 1. The molecule has 1 aromatic rings. The molecule has 1 fully saturated rings. The van der Waals surface area contributed by atoms with Gasteiger partial charge in [0, 0.05) is 44.0 Å². The highest BCUT2D eigenvalue weighted by molar-refractivity contribution is 5.16. The number of piperazine rings is 1. The van der Waals surface area contributed by atoms with Crippen LogP contribution in [0.2, 0.25) is 0 Å². The van der Waals surface area contributed by atoms with Crippen LogP contribution in [0.4, 0.5) is 4.39 Å². The quantitative estimate of drug-likeness (QED) is 0.830. The van der Waals surface area contributed by atoms with Crippen LogP contribution in [0.25, 0.3) is 0 Å². The molecule has 0 bridgehead atoms. The first-order valence-electron chi connectivity index (χ1n) is 7.23. The summed E-state index contributed by atoms with van der Waals surface area (Å²) in [6.45, 7) is 8.37. The summed E-state index contributed by atoms with van der Waals surface area (Å²) in [5.74, 6) is 0.333. The van der Waals surface area contributed by atoms with Gasteiger partial charge in [-0.3, -0.25) is 4.90 Å². The molecule has 1 saturated heterocycles. The van der Waals surface area contributed by atoms with Gasteiger partial charge in [-0.2, -0.15) is 4.39 Å². The number of halogens is 1. The van der Waals surface area contributed by atoms with E-state index in [0.29, 0.717) is 5.92 Å². The molecule has 3 nitrogen and oxygen atoms in total. The fourth-order valence-electron chi connectivity index (χ4n) is 2.67. The molecule has 1 aromatic heterocycles. The summed E-state index contributed by atoms with van der Waals surface area (Å²) >= 11 is 0. The lowest BCUT2D eigenvalue weighted by Crippen LogP contribution is -2.45. The van der Waals surface area contributed by atoms with Crippen LogP contribution in [-0.4, -0.2) is 36.1 Å². The molecular formula is C15H24FN3. The van der Waals surface area contributed by atoms with E-state index in [4.69, 9.17) is 0 Å². The molecule has 0 radical (unpaired) electrons. The molecule has 4 heteroatoms. The average Bonchev–Trinajstić information content (AvgIpc) is 2.42. The van der Waals surface area contributed by atoms with Crippen LogP contribution in [0.5, 0.6) is 0 Å². The minimum Gasteiger partial charge on any atom is -0.314 e. The Bertz CT molecular complexity index is 389. The molecule has 0 aromatic carbocycles. The lowest BCUT2D eigenvalue weighted by Gasteiger charge is -2.35. The van der Waals surface area contributed by atoms with Crippen molar-refractivity contribution in [3.63, 3.8) is 0 Å². The smallest absolute Gasteiger partial charge is 0.217 e. The van der Waals surface area contributed by atoms with E-state index >= 15 is 0 Å². The van der Waals surface area contributed by atoms with Crippen molar-refractivity contribution >= 4 is 0 Å². The third-order valence-electron chi connectivity index (χ3n) is 3.76. The molecule has 19 heavy (non-hydrogen) atoms. The monoisotopic (exact) mass is 265 g/mol. The first kappa shape index (κ1) is 14.4. The molecule has 0 spiro atoms. The summed E-state index contributed by atoms with van der Waals surface area (Å²) in [4.78, 5) is 6.20. The van der Waals surface area contributed by atoms with Crippen LogP contribution in [0.1, 0.15) is 38.3 Å². The van der Waals surface area contributed by atoms with E-state index in [1.807, 2.05) is 12.1 Å². The topological polar surface area (TPSA) is 28.2 Å². The molecule has 0 amide bonds. The first-order chi connectivity index (χ1) is 9.18. The summed E-state index contributed by atoms with van der Waals surface area (Å²) in [7, 11) is 0. The number of hydrogen-bond acceptors (Lipinski definition) is 3. The highest BCUT2D eigenvalue weighted by Gasteiger charge is 2.24. The summed E-state index contributed by atoms with van der Waals surface area (Å²) < 4.78 is 14.0. The number of rotatable bonds is 5. The van der Waals surface area contributed by atoms with Gasteiger partial charge in [0.05, 0.1) is 0 Å². The Hall–Kier alpha value is -1.00. The maximum absolute atomic E-state index is 14.0. The van der Waals surface area contributed by atoms with Crippen LogP contribution < -0.4 is 5.32 Å². The molecule has 2 rings (SSSR count). The zero-order chi connectivity index (χ0) is 13.7.